The molecule has 9 heteroatoms. The molecule has 0 aromatic heterocycles. The van der Waals surface area contributed by atoms with Crippen LogP contribution in [0.3, 0.4) is 0 Å². The van der Waals surface area contributed by atoms with E-state index in [1.165, 1.54) is 32.4 Å². The molecule has 0 bridgehead atoms. The number of methoxy groups -OCH3 is 2. The fourth-order valence-electron chi connectivity index (χ4n) is 2.72. The van der Waals surface area contributed by atoms with Gasteiger partial charge in [0.2, 0.25) is 0 Å². The van der Waals surface area contributed by atoms with Gasteiger partial charge in [0, 0.05) is 10.5 Å². The van der Waals surface area contributed by atoms with Crippen molar-refractivity contribution in [1.29, 1.82) is 0 Å². The lowest BCUT2D eigenvalue weighted by molar-refractivity contribution is 0.102. The summed E-state index contributed by atoms with van der Waals surface area (Å²) in [6, 6.07) is 17.7. The molecule has 0 atom stereocenters. The third kappa shape index (κ3) is 4.74. The topological polar surface area (TPSA) is 93.7 Å². The van der Waals surface area contributed by atoms with Gasteiger partial charge >= 0.3 is 0 Å². The smallest absolute Gasteiger partial charge is 0.263 e. The van der Waals surface area contributed by atoms with E-state index in [0.717, 1.165) is 0 Å². The number of rotatable bonds is 7. The number of amides is 1. The number of carbonyl (C=O) groups excluding carboxylic acids is 1. The molecule has 0 radical (unpaired) electrons. The van der Waals surface area contributed by atoms with Crippen LogP contribution in [0.5, 0.6) is 11.5 Å². The highest BCUT2D eigenvalue weighted by Crippen LogP contribution is 2.30. The third-order valence-corrected chi connectivity index (χ3v) is 6.58. The Bertz CT molecular complexity index is 1180. The standard InChI is InChI=1S/C21H19BrN2O5S/c1-28-14-11-12-18(19(13-14)29-2)23-21(25)15-7-3-5-9-17(15)24-30(26,27)20-10-6-4-8-16(20)22/h3-13,24H,1-2H3,(H,23,25). The van der Waals surface area contributed by atoms with E-state index in [9.17, 15) is 13.2 Å². The van der Waals surface area contributed by atoms with Crippen molar-refractivity contribution >= 4 is 43.2 Å². The van der Waals surface area contributed by atoms with Crippen molar-refractivity contribution in [2.75, 3.05) is 24.3 Å². The predicted octanol–water partition coefficient (Wildman–Crippen LogP) is 4.52. The average molecular weight is 491 g/mol. The van der Waals surface area contributed by atoms with Gasteiger partial charge in [-0.05, 0) is 52.3 Å². The first-order chi connectivity index (χ1) is 14.4. The summed E-state index contributed by atoms with van der Waals surface area (Å²) in [6.07, 6.45) is 0. The second kappa shape index (κ2) is 9.19. The molecule has 0 unspecified atom stereocenters. The number of ether oxygens (including phenoxy) is 2. The van der Waals surface area contributed by atoms with E-state index in [-0.39, 0.29) is 16.1 Å². The normalized spacial score (nSPS) is 10.9. The van der Waals surface area contributed by atoms with Crippen LogP contribution < -0.4 is 19.5 Å². The van der Waals surface area contributed by atoms with Crippen molar-refractivity contribution in [3.05, 3.63) is 76.8 Å². The van der Waals surface area contributed by atoms with Crippen molar-refractivity contribution < 1.29 is 22.7 Å². The lowest BCUT2D eigenvalue weighted by Crippen LogP contribution is -2.19. The summed E-state index contributed by atoms with van der Waals surface area (Å²) in [7, 11) is -0.908. The van der Waals surface area contributed by atoms with Gasteiger partial charge in [-0.15, -0.1) is 0 Å². The molecule has 3 rings (SSSR count). The van der Waals surface area contributed by atoms with Crippen LogP contribution in [-0.2, 0) is 10.0 Å². The van der Waals surface area contributed by atoms with Crippen LogP contribution in [0.4, 0.5) is 11.4 Å². The zero-order valence-electron chi connectivity index (χ0n) is 16.2. The maximum atomic E-state index is 12.9. The highest BCUT2D eigenvalue weighted by atomic mass is 79.9. The average Bonchev–Trinajstić information content (AvgIpc) is 2.74. The van der Waals surface area contributed by atoms with Crippen LogP contribution in [0, 0.1) is 0 Å². The lowest BCUT2D eigenvalue weighted by Gasteiger charge is -2.15. The molecular weight excluding hydrogens is 472 g/mol. The van der Waals surface area contributed by atoms with Crippen molar-refractivity contribution in [2.24, 2.45) is 0 Å². The Balaban J connectivity index is 1.90. The van der Waals surface area contributed by atoms with Gasteiger partial charge in [0.05, 0.1) is 31.2 Å². The minimum atomic E-state index is -3.91. The summed E-state index contributed by atoms with van der Waals surface area (Å²) in [4.78, 5) is 13.0. The van der Waals surface area contributed by atoms with Crippen LogP contribution >= 0.6 is 15.9 Å². The Labute approximate surface area is 183 Å². The molecule has 3 aromatic rings. The molecule has 0 aliphatic carbocycles. The van der Waals surface area contributed by atoms with E-state index >= 15 is 0 Å². The first-order valence-electron chi connectivity index (χ1n) is 8.75. The Morgan fingerprint density at radius 1 is 0.900 bits per heavy atom. The number of halogens is 1. The highest BCUT2D eigenvalue weighted by molar-refractivity contribution is 9.10. The van der Waals surface area contributed by atoms with Crippen LogP contribution in [0.1, 0.15) is 10.4 Å². The summed E-state index contributed by atoms with van der Waals surface area (Å²) in [5, 5.41) is 2.74. The zero-order chi connectivity index (χ0) is 21.7. The van der Waals surface area contributed by atoms with Crippen LogP contribution in [0.15, 0.2) is 76.1 Å². The summed E-state index contributed by atoms with van der Waals surface area (Å²) >= 11 is 3.24. The number of benzene rings is 3. The molecular formula is C21H19BrN2O5S. The number of nitrogens with one attached hydrogen (secondary N) is 2. The van der Waals surface area contributed by atoms with Gasteiger partial charge in [0.25, 0.3) is 15.9 Å². The van der Waals surface area contributed by atoms with E-state index in [0.29, 0.717) is 21.7 Å². The fourth-order valence-corrected chi connectivity index (χ4v) is 4.81. The zero-order valence-corrected chi connectivity index (χ0v) is 18.6. The summed E-state index contributed by atoms with van der Waals surface area (Å²) < 4.78 is 39.0. The van der Waals surface area contributed by atoms with Crippen molar-refractivity contribution in [1.82, 2.24) is 0 Å². The molecule has 0 aliphatic rings. The van der Waals surface area contributed by atoms with Gasteiger partial charge in [-0.1, -0.05) is 24.3 Å². The molecule has 0 spiro atoms. The SMILES string of the molecule is COc1ccc(NC(=O)c2ccccc2NS(=O)(=O)c2ccccc2Br)c(OC)c1. The minimum Gasteiger partial charge on any atom is -0.497 e. The summed E-state index contributed by atoms with van der Waals surface area (Å²) in [5.74, 6) is 0.490. The predicted molar refractivity (Wildman–Crippen MR) is 119 cm³/mol. The molecule has 30 heavy (non-hydrogen) atoms. The van der Waals surface area contributed by atoms with Crippen molar-refractivity contribution in [3.8, 4) is 11.5 Å². The molecule has 0 fully saturated rings. The Kier molecular flexibility index (Phi) is 6.63. The van der Waals surface area contributed by atoms with Crippen molar-refractivity contribution in [2.45, 2.75) is 4.90 Å². The molecule has 7 nitrogen and oxygen atoms in total. The second-order valence-corrected chi connectivity index (χ2v) is 8.61. The van der Waals surface area contributed by atoms with Gasteiger partial charge in [0.1, 0.15) is 16.4 Å². The number of anilines is 2. The quantitative estimate of drug-likeness (QED) is 0.507. The summed E-state index contributed by atoms with van der Waals surface area (Å²) in [5.41, 5.74) is 0.732. The van der Waals surface area contributed by atoms with E-state index in [1.807, 2.05) is 0 Å². The molecule has 3 aromatic carbocycles. The number of sulfonamides is 1. The van der Waals surface area contributed by atoms with E-state index in [2.05, 4.69) is 26.0 Å². The molecule has 156 valence electrons. The molecule has 0 saturated carbocycles. The van der Waals surface area contributed by atoms with E-state index in [4.69, 9.17) is 9.47 Å². The molecule has 1 amide bonds. The lowest BCUT2D eigenvalue weighted by atomic mass is 10.1. The van der Waals surface area contributed by atoms with E-state index < -0.39 is 15.9 Å². The Morgan fingerprint density at radius 3 is 2.30 bits per heavy atom. The second-order valence-electron chi connectivity index (χ2n) is 6.10. The van der Waals surface area contributed by atoms with Crippen LogP contribution in [-0.4, -0.2) is 28.5 Å². The molecule has 0 saturated heterocycles. The summed E-state index contributed by atoms with van der Waals surface area (Å²) in [6.45, 7) is 0. The van der Waals surface area contributed by atoms with Gasteiger partial charge in [-0.2, -0.15) is 0 Å². The number of hydrogen-bond donors (Lipinski definition) is 2. The first kappa shape index (κ1) is 21.7. The van der Waals surface area contributed by atoms with E-state index in [1.54, 1.807) is 48.5 Å². The number of para-hydroxylation sites is 1. The highest BCUT2D eigenvalue weighted by Gasteiger charge is 2.21. The Morgan fingerprint density at radius 2 is 1.60 bits per heavy atom. The third-order valence-electron chi connectivity index (χ3n) is 4.20. The maximum absolute atomic E-state index is 12.9. The monoisotopic (exact) mass is 490 g/mol. The van der Waals surface area contributed by atoms with Gasteiger partial charge < -0.3 is 14.8 Å². The number of carbonyl (C=O) groups is 1. The maximum Gasteiger partial charge on any atom is 0.263 e. The molecule has 0 heterocycles. The van der Waals surface area contributed by atoms with Crippen molar-refractivity contribution in [3.63, 3.8) is 0 Å². The van der Waals surface area contributed by atoms with Crippen LogP contribution in [0.25, 0.3) is 0 Å². The van der Waals surface area contributed by atoms with Gasteiger partial charge in [-0.25, -0.2) is 8.42 Å². The largest absolute Gasteiger partial charge is 0.497 e. The number of hydrogen-bond acceptors (Lipinski definition) is 5. The van der Waals surface area contributed by atoms with Gasteiger partial charge in [0.15, 0.2) is 0 Å². The first-order valence-corrected chi connectivity index (χ1v) is 11.0. The minimum absolute atomic E-state index is 0.0667. The van der Waals surface area contributed by atoms with Crippen LogP contribution in [0.2, 0.25) is 0 Å². The van der Waals surface area contributed by atoms with Gasteiger partial charge in [-0.3, -0.25) is 9.52 Å². The molecule has 0 aliphatic heterocycles. The Hall–Kier alpha value is -3.04. The fraction of sp³-hybridized carbons (Fsp3) is 0.0952. The molecule has 2 N–H and O–H groups in total.